The minimum absolute atomic E-state index is 0. The van der Waals surface area contributed by atoms with Gasteiger partial charge in [0.05, 0.1) is 6.54 Å². The average Bonchev–Trinajstić information content (AvgIpc) is 2.81. The summed E-state index contributed by atoms with van der Waals surface area (Å²) in [7, 11) is 0. The number of fused-ring (bicyclic) bond motifs is 1. The lowest BCUT2D eigenvalue weighted by molar-refractivity contribution is -0.116. The van der Waals surface area contributed by atoms with Crippen LogP contribution in [0.15, 0.2) is 53.5 Å². The number of carbonyl (C=O) groups is 1. The number of hydrogen-bond donors (Lipinski definition) is 3. The van der Waals surface area contributed by atoms with Crippen LogP contribution in [0.2, 0.25) is 0 Å². The zero-order valence-electron chi connectivity index (χ0n) is 18.9. The van der Waals surface area contributed by atoms with Crippen molar-refractivity contribution < 1.29 is 13.9 Å². The van der Waals surface area contributed by atoms with Crippen LogP contribution in [0, 0.1) is 5.82 Å². The molecule has 2 aliphatic rings. The van der Waals surface area contributed by atoms with Crippen LogP contribution in [-0.2, 0) is 14.9 Å². The van der Waals surface area contributed by atoms with Crippen molar-refractivity contribution in [3.8, 4) is 0 Å². The van der Waals surface area contributed by atoms with Crippen LogP contribution in [0.5, 0.6) is 0 Å². The van der Waals surface area contributed by atoms with Gasteiger partial charge in [0.1, 0.15) is 5.82 Å². The molecule has 2 aromatic rings. The summed E-state index contributed by atoms with van der Waals surface area (Å²) in [6.45, 7) is 5.18. The molecular formula is C25H32FIN4O2. The molecule has 0 aliphatic carbocycles. The summed E-state index contributed by atoms with van der Waals surface area (Å²) in [6.07, 6.45) is 2.04. The van der Waals surface area contributed by atoms with Crippen molar-refractivity contribution in [1.29, 1.82) is 0 Å². The highest BCUT2D eigenvalue weighted by Gasteiger charge is 2.35. The number of amides is 1. The van der Waals surface area contributed by atoms with E-state index in [2.05, 4.69) is 22.0 Å². The van der Waals surface area contributed by atoms with Crippen molar-refractivity contribution in [2.75, 3.05) is 38.2 Å². The Bertz CT molecular complexity index is 978. The molecule has 2 heterocycles. The third-order valence-corrected chi connectivity index (χ3v) is 6.39. The molecule has 33 heavy (non-hydrogen) atoms. The number of carbonyl (C=O) groups excluding carboxylic acids is 1. The molecule has 3 N–H and O–H groups in total. The van der Waals surface area contributed by atoms with Crippen LogP contribution in [0.3, 0.4) is 0 Å². The van der Waals surface area contributed by atoms with E-state index in [1.54, 1.807) is 12.1 Å². The molecular weight excluding hydrogens is 534 g/mol. The summed E-state index contributed by atoms with van der Waals surface area (Å²) >= 11 is 0. The summed E-state index contributed by atoms with van der Waals surface area (Å²) in [4.78, 5) is 17.0. The van der Waals surface area contributed by atoms with Gasteiger partial charge in [-0.25, -0.2) is 4.39 Å². The van der Waals surface area contributed by atoms with E-state index in [0.717, 1.165) is 36.2 Å². The van der Waals surface area contributed by atoms with E-state index in [9.17, 15) is 9.18 Å². The quantitative estimate of drug-likeness (QED) is 0.279. The average molecular weight is 566 g/mol. The van der Waals surface area contributed by atoms with Crippen molar-refractivity contribution >= 4 is 41.5 Å². The van der Waals surface area contributed by atoms with Gasteiger partial charge in [0.2, 0.25) is 5.91 Å². The fourth-order valence-corrected chi connectivity index (χ4v) is 4.59. The Hall–Kier alpha value is -2.20. The summed E-state index contributed by atoms with van der Waals surface area (Å²) in [5.41, 5.74) is 2.74. The molecule has 0 bridgehead atoms. The molecule has 1 fully saturated rings. The molecule has 0 spiro atoms. The van der Waals surface area contributed by atoms with Crippen molar-refractivity contribution in [3.63, 3.8) is 0 Å². The smallest absolute Gasteiger partial charge is 0.225 e. The molecule has 178 valence electrons. The van der Waals surface area contributed by atoms with Gasteiger partial charge in [-0.15, -0.1) is 24.0 Å². The third-order valence-electron chi connectivity index (χ3n) is 6.39. The second-order valence-corrected chi connectivity index (χ2v) is 8.52. The maximum atomic E-state index is 14.0. The molecule has 1 amide bonds. The molecule has 8 heteroatoms. The number of aliphatic imine (C=N–C) groups is 1. The first-order chi connectivity index (χ1) is 15.6. The van der Waals surface area contributed by atoms with Gasteiger partial charge in [0.25, 0.3) is 0 Å². The van der Waals surface area contributed by atoms with E-state index in [4.69, 9.17) is 9.73 Å². The third kappa shape index (κ3) is 6.23. The van der Waals surface area contributed by atoms with Crippen LogP contribution < -0.4 is 16.0 Å². The Labute approximate surface area is 211 Å². The lowest BCUT2D eigenvalue weighted by atomic mass is 9.74. The number of hydrogen-bond acceptors (Lipinski definition) is 3. The van der Waals surface area contributed by atoms with Crippen molar-refractivity contribution in [2.45, 2.75) is 37.5 Å². The fraction of sp³-hybridized carbons (Fsp3) is 0.440. The van der Waals surface area contributed by atoms with Gasteiger partial charge in [-0.2, -0.15) is 0 Å². The summed E-state index contributed by atoms with van der Waals surface area (Å²) in [5, 5.41) is 9.68. The van der Waals surface area contributed by atoms with E-state index < -0.39 is 0 Å². The first-order valence-corrected chi connectivity index (χ1v) is 11.3. The second kappa shape index (κ2) is 11.8. The van der Waals surface area contributed by atoms with E-state index in [0.29, 0.717) is 38.7 Å². The topological polar surface area (TPSA) is 74.8 Å². The van der Waals surface area contributed by atoms with E-state index >= 15 is 0 Å². The maximum Gasteiger partial charge on any atom is 0.225 e. The molecule has 1 atom stereocenters. The minimum Gasteiger partial charge on any atom is -0.381 e. The normalized spacial score (nSPS) is 19.6. The van der Waals surface area contributed by atoms with Crippen LogP contribution in [0.4, 0.5) is 10.1 Å². The van der Waals surface area contributed by atoms with Gasteiger partial charge in [-0.05, 0) is 49.1 Å². The largest absolute Gasteiger partial charge is 0.381 e. The number of benzene rings is 2. The monoisotopic (exact) mass is 566 g/mol. The first-order valence-electron chi connectivity index (χ1n) is 11.3. The molecule has 2 aliphatic heterocycles. The Balaban J connectivity index is 0.00000306. The maximum absolute atomic E-state index is 14.0. The first kappa shape index (κ1) is 25.4. The predicted molar refractivity (Wildman–Crippen MR) is 140 cm³/mol. The van der Waals surface area contributed by atoms with Gasteiger partial charge < -0.3 is 20.7 Å². The molecule has 1 unspecified atom stereocenters. The number of halogens is 2. The Morgan fingerprint density at radius 3 is 2.73 bits per heavy atom. The summed E-state index contributed by atoms with van der Waals surface area (Å²) in [6, 6.07) is 14.8. The summed E-state index contributed by atoms with van der Waals surface area (Å²) in [5.74, 6) is 0.587. The zero-order chi connectivity index (χ0) is 22.4. The minimum atomic E-state index is -0.250. The lowest BCUT2D eigenvalue weighted by Crippen LogP contribution is -2.43. The van der Waals surface area contributed by atoms with Gasteiger partial charge in [0.15, 0.2) is 5.96 Å². The number of ether oxygens (including phenoxy) is 1. The highest BCUT2D eigenvalue weighted by atomic mass is 127. The Morgan fingerprint density at radius 2 is 1.97 bits per heavy atom. The molecule has 1 saturated heterocycles. The summed E-state index contributed by atoms with van der Waals surface area (Å²) < 4.78 is 19.6. The fourth-order valence-electron chi connectivity index (χ4n) is 4.59. The van der Waals surface area contributed by atoms with Gasteiger partial charge >= 0.3 is 0 Å². The van der Waals surface area contributed by atoms with Crippen LogP contribution in [0.1, 0.15) is 43.2 Å². The van der Waals surface area contributed by atoms with Gasteiger partial charge in [0, 0.05) is 49.7 Å². The number of nitrogens with zero attached hydrogens (tertiary/aromatic N) is 1. The number of anilines is 1. The van der Waals surface area contributed by atoms with E-state index in [1.807, 2.05) is 31.2 Å². The number of guanidine groups is 1. The zero-order valence-corrected chi connectivity index (χ0v) is 21.2. The number of para-hydroxylation sites is 1. The predicted octanol–water partition coefficient (Wildman–Crippen LogP) is 4.17. The second-order valence-electron chi connectivity index (χ2n) is 8.52. The highest BCUT2D eigenvalue weighted by Crippen LogP contribution is 2.36. The molecule has 0 aromatic heterocycles. The molecule has 2 aromatic carbocycles. The lowest BCUT2D eigenvalue weighted by Gasteiger charge is -2.36. The Morgan fingerprint density at radius 1 is 1.18 bits per heavy atom. The molecule has 0 radical (unpaired) electrons. The molecule has 0 saturated carbocycles. The van der Waals surface area contributed by atoms with E-state index in [-0.39, 0.29) is 47.0 Å². The van der Waals surface area contributed by atoms with Crippen molar-refractivity contribution in [2.24, 2.45) is 4.99 Å². The van der Waals surface area contributed by atoms with Crippen LogP contribution >= 0.6 is 24.0 Å². The van der Waals surface area contributed by atoms with Gasteiger partial charge in [-0.3, -0.25) is 9.79 Å². The van der Waals surface area contributed by atoms with Crippen LogP contribution in [-0.4, -0.2) is 44.7 Å². The standard InChI is InChI=1S/C25H31FN4O2.HI/c1-2-27-24(28-16-18-14-23(31)30-22-9-4-3-8-21(18)22)29-17-25(10-12-32-13-11-25)19-6-5-7-20(26)15-19;/h3-9,15,18H,2,10-14,16-17H2,1H3,(H,30,31)(H2,27,28,29);1H. The van der Waals surface area contributed by atoms with E-state index in [1.165, 1.54) is 6.07 Å². The highest BCUT2D eigenvalue weighted by molar-refractivity contribution is 14.0. The Kier molecular flexibility index (Phi) is 9.08. The molecule has 6 nitrogen and oxygen atoms in total. The SMILES string of the molecule is CCNC(=NCC1(c2cccc(F)c2)CCOCC1)NCC1CC(=O)Nc2ccccc21.I. The van der Waals surface area contributed by atoms with Crippen molar-refractivity contribution in [3.05, 3.63) is 65.5 Å². The number of nitrogens with one attached hydrogen (secondary N) is 3. The van der Waals surface area contributed by atoms with Crippen LogP contribution in [0.25, 0.3) is 0 Å². The van der Waals surface area contributed by atoms with Gasteiger partial charge in [-0.1, -0.05) is 30.3 Å². The molecule has 4 rings (SSSR count). The number of rotatable bonds is 6. The van der Waals surface area contributed by atoms with Crippen molar-refractivity contribution in [1.82, 2.24) is 10.6 Å².